The molecule has 1 aliphatic rings. The van der Waals surface area contributed by atoms with Crippen molar-refractivity contribution in [3.63, 3.8) is 0 Å². The molecule has 5 rings (SSSR count). The summed E-state index contributed by atoms with van der Waals surface area (Å²) in [6, 6.07) is 10.0. The minimum Gasteiger partial charge on any atom is -0.493 e. The minimum atomic E-state index is -0.745. The average Bonchev–Trinajstić information content (AvgIpc) is 3.42. The first kappa shape index (κ1) is 23.0. The van der Waals surface area contributed by atoms with Crippen LogP contribution in [-0.2, 0) is 6.42 Å². The largest absolute Gasteiger partial charge is 0.493 e. The number of hydrogen-bond acceptors (Lipinski definition) is 8. The second-order valence-corrected chi connectivity index (χ2v) is 9.36. The molecule has 0 aliphatic carbocycles. The second-order valence-electron chi connectivity index (χ2n) is 8.32. The van der Waals surface area contributed by atoms with Crippen LogP contribution in [-0.4, -0.2) is 29.8 Å². The Kier molecular flexibility index (Phi) is 6.02. The van der Waals surface area contributed by atoms with Gasteiger partial charge >= 0.3 is 0 Å². The number of aromatic nitrogens is 2. The molecule has 0 spiro atoms. The summed E-state index contributed by atoms with van der Waals surface area (Å²) in [5, 5.41) is 10.2. The number of carbonyl (C=O) groups excluding carboxylic acids is 1. The number of anilines is 1. The van der Waals surface area contributed by atoms with Crippen LogP contribution in [0.15, 0.2) is 45.6 Å². The highest BCUT2D eigenvalue weighted by atomic mass is 32.1. The quantitative estimate of drug-likeness (QED) is 0.356. The number of benzene rings is 2. The number of hydrogen-bond donors (Lipinski definition) is 0. The number of rotatable bonds is 7. The molecule has 9 heteroatoms. The molecule has 35 heavy (non-hydrogen) atoms. The molecular formula is C26H25N3O5S. The molecule has 180 valence electrons. The van der Waals surface area contributed by atoms with E-state index in [4.69, 9.17) is 13.9 Å². The molecule has 8 nitrogen and oxygen atoms in total. The topological polar surface area (TPSA) is 94.8 Å². The zero-order valence-electron chi connectivity index (χ0n) is 20.0. The first-order valence-corrected chi connectivity index (χ1v) is 12.3. The van der Waals surface area contributed by atoms with Gasteiger partial charge in [0.1, 0.15) is 10.6 Å². The van der Waals surface area contributed by atoms with Gasteiger partial charge in [-0.05, 0) is 50.1 Å². The van der Waals surface area contributed by atoms with Gasteiger partial charge in [-0.1, -0.05) is 36.0 Å². The Hall–Kier alpha value is -3.72. The first-order valence-electron chi connectivity index (χ1n) is 11.5. The summed E-state index contributed by atoms with van der Waals surface area (Å²) < 4.78 is 17.3. The van der Waals surface area contributed by atoms with E-state index in [1.165, 1.54) is 16.2 Å². The van der Waals surface area contributed by atoms with Gasteiger partial charge in [-0.2, -0.15) is 0 Å². The van der Waals surface area contributed by atoms with Gasteiger partial charge in [-0.25, -0.2) is 0 Å². The fraction of sp³-hybridized carbons (Fsp3) is 0.308. The van der Waals surface area contributed by atoms with E-state index in [0.717, 1.165) is 23.4 Å². The van der Waals surface area contributed by atoms with E-state index in [1.807, 2.05) is 26.0 Å². The number of fused-ring (bicyclic) bond motifs is 2. The maximum Gasteiger partial charge on any atom is 0.297 e. The molecule has 2 aromatic carbocycles. The van der Waals surface area contributed by atoms with Crippen molar-refractivity contribution < 1.29 is 18.7 Å². The lowest BCUT2D eigenvalue weighted by atomic mass is 9.98. The summed E-state index contributed by atoms with van der Waals surface area (Å²) in [4.78, 5) is 29.0. The van der Waals surface area contributed by atoms with Crippen LogP contribution in [0.1, 0.15) is 58.6 Å². The lowest BCUT2D eigenvalue weighted by Gasteiger charge is -2.23. The number of amides is 1. The van der Waals surface area contributed by atoms with Crippen LogP contribution < -0.4 is 19.8 Å². The van der Waals surface area contributed by atoms with Gasteiger partial charge in [0, 0.05) is 6.42 Å². The van der Waals surface area contributed by atoms with Crippen molar-refractivity contribution in [2.45, 2.75) is 39.7 Å². The zero-order valence-corrected chi connectivity index (χ0v) is 20.8. The normalized spacial score (nSPS) is 15.0. The van der Waals surface area contributed by atoms with Gasteiger partial charge in [-0.15, -0.1) is 10.2 Å². The van der Waals surface area contributed by atoms with Crippen molar-refractivity contribution in [2.75, 3.05) is 18.6 Å². The Morgan fingerprint density at radius 2 is 1.91 bits per heavy atom. The molecule has 0 fully saturated rings. The highest BCUT2D eigenvalue weighted by molar-refractivity contribution is 7.15. The van der Waals surface area contributed by atoms with Crippen molar-refractivity contribution in [3.05, 3.63) is 74.1 Å². The van der Waals surface area contributed by atoms with Gasteiger partial charge in [0.25, 0.3) is 5.91 Å². The predicted octanol–water partition coefficient (Wildman–Crippen LogP) is 5.06. The van der Waals surface area contributed by atoms with Gasteiger partial charge in [-0.3, -0.25) is 14.5 Å². The zero-order chi connectivity index (χ0) is 24.7. The molecule has 1 amide bonds. The number of nitrogens with zero attached hydrogens (tertiary/aromatic N) is 3. The molecule has 0 bridgehead atoms. The molecule has 0 saturated carbocycles. The number of ether oxygens (including phenoxy) is 2. The monoisotopic (exact) mass is 491 g/mol. The fourth-order valence-electron chi connectivity index (χ4n) is 4.39. The summed E-state index contributed by atoms with van der Waals surface area (Å²) in [6.07, 6.45) is 1.67. The molecule has 1 aliphatic heterocycles. The van der Waals surface area contributed by atoms with Crippen LogP contribution in [0.3, 0.4) is 0 Å². The van der Waals surface area contributed by atoms with E-state index in [9.17, 15) is 9.59 Å². The molecule has 0 radical (unpaired) electrons. The van der Waals surface area contributed by atoms with Crippen LogP contribution in [0.2, 0.25) is 0 Å². The molecule has 1 unspecified atom stereocenters. The molecule has 3 heterocycles. The highest BCUT2D eigenvalue weighted by Gasteiger charge is 2.45. The van der Waals surface area contributed by atoms with Crippen molar-refractivity contribution in [2.24, 2.45) is 0 Å². The second kappa shape index (κ2) is 9.14. The predicted molar refractivity (Wildman–Crippen MR) is 134 cm³/mol. The minimum absolute atomic E-state index is 0.0245. The molecule has 0 N–H and O–H groups in total. The van der Waals surface area contributed by atoms with E-state index in [-0.39, 0.29) is 16.8 Å². The van der Waals surface area contributed by atoms with E-state index in [2.05, 4.69) is 17.1 Å². The maximum atomic E-state index is 13.8. The van der Waals surface area contributed by atoms with Crippen molar-refractivity contribution in [3.8, 4) is 11.5 Å². The highest BCUT2D eigenvalue weighted by Crippen LogP contribution is 2.44. The van der Waals surface area contributed by atoms with E-state index < -0.39 is 11.9 Å². The standard InChI is InChI=1S/C26H25N3O5S/c1-5-7-20-27-28-26(35-20)29-22(15-9-11-18(33-6-2)19(13-15)32-4)21-23(30)16-12-14(3)8-10-17(16)34-24(21)25(29)31/h8-13,22H,5-7H2,1-4H3. The SMILES string of the molecule is CCCc1nnc(N2C(=O)c3oc4ccc(C)cc4c(=O)c3C2c2ccc(OCC)c(OC)c2)s1. The molecule has 0 saturated heterocycles. The molecule has 1 atom stereocenters. The summed E-state index contributed by atoms with van der Waals surface area (Å²) in [7, 11) is 1.56. The van der Waals surface area contributed by atoms with Crippen molar-refractivity contribution >= 4 is 33.3 Å². The summed E-state index contributed by atoms with van der Waals surface area (Å²) in [5.74, 6) is 0.695. The Bertz CT molecular complexity index is 1490. The van der Waals surface area contributed by atoms with Gasteiger partial charge in [0.2, 0.25) is 10.9 Å². The first-order chi connectivity index (χ1) is 17.0. The smallest absolute Gasteiger partial charge is 0.297 e. The Morgan fingerprint density at radius 1 is 1.09 bits per heavy atom. The van der Waals surface area contributed by atoms with Crippen LogP contribution in [0.5, 0.6) is 11.5 Å². The van der Waals surface area contributed by atoms with E-state index >= 15 is 0 Å². The summed E-state index contributed by atoms with van der Waals surface area (Å²) in [6.45, 7) is 6.34. The maximum absolute atomic E-state index is 13.8. The summed E-state index contributed by atoms with van der Waals surface area (Å²) in [5.41, 5.74) is 2.03. The number of carbonyl (C=O) groups is 1. The summed E-state index contributed by atoms with van der Waals surface area (Å²) >= 11 is 1.34. The van der Waals surface area contributed by atoms with Gasteiger partial charge in [0.05, 0.1) is 30.7 Å². The van der Waals surface area contributed by atoms with Gasteiger partial charge in [0.15, 0.2) is 16.9 Å². The van der Waals surface area contributed by atoms with Crippen molar-refractivity contribution in [1.82, 2.24) is 10.2 Å². The van der Waals surface area contributed by atoms with Crippen LogP contribution in [0.25, 0.3) is 11.0 Å². The lowest BCUT2D eigenvalue weighted by molar-refractivity contribution is 0.0970. The van der Waals surface area contributed by atoms with Crippen LogP contribution >= 0.6 is 11.3 Å². The third kappa shape index (κ3) is 3.85. The Balaban J connectivity index is 1.75. The van der Waals surface area contributed by atoms with Gasteiger partial charge < -0.3 is 13.9 Å². The molecule has 2 aromatic heterocycles. The fourth-order valence-corrected chi connectivity index (χ4v) is 5.35. The number of aryl methyl sites for hydroxylation is 2. The van der Waals surface area contributed by atoms with Crippen LogP contribution in [0, 0.1) is 6.92 Å². The lowest BCUT2D eigenvalue weighted by Crippen LogP contribution is -2.29. The third-order valence-electron chi connectivity index (χ3n) is 5.96. The average molecular weight is 492 g/mol. The Morgan fingerprint density at radius 3 is 2.66 bits per heavy atom. The molecule has 4 aromatic rings. The third-order valence-corrected chi connectivity index (χ3v) is 6.94. The number of methoxy groups -OCH3 is 1. The van der Waals surface area contributed by atoms with Crippen molar-refractivity contribution in [1.29, 1.82) is 0 Å². The van der Waals surface area contributed by atoms with Crippen LogP contribution in [0.4, 0.5) is 5.13 Å². The van der Waals surface area contributed by atoms with E-state index in [0.29, 0.717) is 39.8 Å². The van der Waals surface area contributed by atoms with E-state index in [1.54, 1.807) is 31.4 Å². The molecular weight excluding hydrogens is 466 g/mol. The Labute approximate surface area is 206 Å².